The van der Waals surface area contributed by atoms with E-state index in [0.717, 1.165) is 64.2 Å². The minimum Gasteiger partial charge on any atom is -0.462 e. The standard InChI is InChI=1S/C65H122O6/c1-4-7-10-13-16-19-22-24-26-28-30-31-32-33-35-36-38-40-43-46-49-52-55-58-64(67)70-61-62(60-69-63(66)57-54-51-48-45-42-21-18-15-12-9-6-3)71-65(68)59-56-53-50-47-44-41-39-37-34-29-27-25-23-20-17-14-11-8-5-2/h22,24,28,30,62H,4-21,23,25-27,29,31-61H2,1-3H3/b24-22-,30-28-. The molecule has 0 aliphatic carbocycles. The zero-order chi connectivity index (χ0) is 51.4. The van der Waals surface area contributed by atoms with Crippen LogP contribution in [-0.2, 0) is 28.6 Å². The molecule has 0 spiro atoms. The van der Waals surface area contributed by atoms with Crippen LogP contribution in [0.25, 0.3) is 0 Å². The lowest BCUT2D eigenvalue weighted by Crippen LogP contribution is -2.30. The van der Waals surface area contributed by atoms with Gasteiger partial charge < -0.3 is 14.2 Å². The predicted octanol–water partition coefficient (Wildman–Crippen LogP) is 21.4. The monoisotopic (exact) mass is 999 g/mol. The molecule has 0 aromatic rings. The smallest absolute Gasteiger partial charge is 0.306 e. The van der Waals surface area contributed by atoms with Crippen LogP contribution in [0.15, 0.2) is 24.3 Å². The van der Waals surface area contributed by atoms with Crippen molar-refractivity contribution in [1.82, 2.24) is 0 Å². The fourth-order valence-electron chi connectivity index (χ4n) is 9.65. The van der Waals surface area contributed by atoms with Gasteiger partial charge in [0.25, 0.3) is 0 Å². The summed E-state index contributed by atoms with van der Waals surface area (Å²) in [4.78, 5) is 38.2. The predicted molar refractivity (Wildman–Crippen MR) is 307 cm³/mol. The van der Waals surface area contributed by atoms with Crippen molar-refractivity contribution >= 4 is 17.9 Å². The van der Waals surface area contributed by atoms with Crippen molar-refractivity contribution in [2.24, 2.45) is 0 Å². The molecule has 0 N–H and O–H groups in total. The van der Waals surface area contributed by atoms with Crippen LogP contribution in [0.4, 0.5) is 0 Å². The van der Waals surface area contributed by atoms with Gasteiger partial charge in [0.05, 0.1) is 0 Å². The highest BCUT2D eigenvalue weighted by molar-refractivity contribution is 5.71. The fraction of sp³-hybridized carbons (Fsp3) is 0.892. The summed E-state index contributed by atoms with van der Waals surface area (Å²) in [6, 6.07) is 0. The molecule has 6 nitrogen and oxygen atoms in total. The summed E-state index contributed by atoms with van der Waals surface area (Å²) in [6.07, 6.45) is 71.8. The molecule has 0 amide bonds. The van der Waals surface area contributed by atoms with E-state index in [1.165, 1.54) is 250 Å². The number of hydrogen-bond acceptors (Lipinski definition) is 6. The highest BCUT2D eigenvalue weighted by Gasteiger charge is 2.19. The van der Waals surface area contributed by atoms with E-state index in [9.17, 15) is 14.4 Å². The van der Waals surface area contributed by atoms with Crippen molar-refractivity contribution in [1.29, 1.82) is 0 Å². The zero-order valence-corrected chi connectivity index (χ0v) is 48.0. The summed E-state index contributed by atoms with van der Waals surface area (Å²) < 4.78 is 16.9. The third-order valence-corrected chi connectivity index (χ3v) is 14.5. The van der Waals surface area contributed by atoms with Gasteiger partial charge in [0, 0.05) is 19.3 Å². The van der Waals surface area contributed by atoms with Crippen molar-refractivity contribution in [3.05, 3.63) is 24.3 Å². The molecule has 0 heterocycles. The first-order chi connectivity index (χ1) is 35.0. The largest absolute Gasteiger partial charge is 0.462 e. The van der Waals surface area contributed by atoms with E-state index in [4.69, 9.17) is 14.2 Å². The van der Waals surface area contributed by atoms with Gasteiger partial charge in [0.15, 0.2) is 6.10 Å². The van der Waals surface area contributed by atoms with Crippen LogP contribution in [0.2, 0.25) is 0 Å². The van der Waals surface area contributed by atoms with Crippen molar-refractivity contribution in [2.75, 3.05) is 13.2 Å². The van der Waals surface area contributed by atoms with Crippen LogP contribution in [0.5, 0.6) is 0 Å². The average molecular weight is 1000 g/mol. The summed E-state index contributed by atoms with van der Waals surface area (Å²) in [6.45, 7) is 6.69. The van der Waals surface area contributed by atoms with Gasteiger partial charge in [-0.2, -0.15) is 0 Å². The highest BCUT2D eigenvalue weighted by Crippen LogP contribution is 2.18. The molecule has 0 rings (SSSR count). The van der Waals surface area contributed by atoms with Crippen LogP contribution in [0.1, 0.15) is 355 Å². The third-order valence-electron chi connectivity index (χ3n) is 14.5. The number of unbranched alkanes of at least 4 members (excludes halogenated alkanes) is 44. The number of carbonyl (C=O) groups excluding carboxylic acids is 3. The average Bonchev–Trinajstić information content (AvgIpc) is 3.37. The number of hydrogen-bond donors (Lipinski definition) is 0. The maximum atomic E-state index is 12.9. The lowest BCUT2D eigenvalue weighted by molar-refractivity contribution is -0.167. The maximum Gasteiger partial charge on any atom is 0.306 e. The van der Waals surface area contributed by atoms with Gasteiger partial charge >= 0.3 is 17.9 Å². The second-order valence-corrected chi connectivity index (χ2v) is 21.7. The van der Waals surface area contributed by atoms with Crippen molar-refractivity contribution in [2.45, 2.75) is 361 Å². The highest BCUT2D eigenvalue weighted by atomic mass is 16.6. The minimum atomic E-state index is -0.767. The van der Waals surface area contributed by atoms with E-state index < -0.39 is 6.10 Å². The summed E-state index contributed by atoms with van der Waals surface area (Å²) in [7, 11) is 0. The molecule has 0 saturated heterocycles. The summed E-state index contributed by atoms with van der Waals surface area (Å²) in [5.41, 5.74) is 0. The Bertz CT molecular complexity index is 1150. The van der Waals surface area contributed by atoms with Gasteiger partial charge in [-0.1, -0.05) is 308 Å². The Kier molecular flexibility index (Phi) is 58.6. The number of carbonyl (C=O) groups is 3. The molecular formula is C65H122O6. The van der Waals surface area contributed by atoms with E-state index in [2.05, 4.69) is 45.1 Å². The van der Waals surface area contributed by atoms with E-state index >= 15 is 0 Å². The van der Waals surface area contributed by atoms with Crippen LogP contribution in [0.3, 0.4) is 0 Å². The van der Waals surface area contributed by atoms with Crippen molar-refractivity contribution in [3.8, 4) is 0 Å². The Hall–Kier alpha value is -2.11. The minimum absolute atomic E-state index is 0.0656. The molecule has 0 aromatic heterocycles. The van der Waals surface area contributed by atoms with Crippen LogP contribution in [-0.4, -0.2) is 37.2 Å². The molecule has 0 fully saturated rings. The van der Waals surface area contributed by atoms with Crippen LogP contribution in [0, 0.1) is 0 Å². The maximum absolute atomic E-state index is 12.9. The molecule has 0 aliphatic heterocycles. The Morgan fingerprint density at radius 3 is 0.775 bits per heavy atom. The first kappa shape index (κ1) is 68.9. The SMILES string of the molecule is CCCCCCC/C=C\C/C=C\CCCCCCCCCCCCCC(=O)OCC(COC(=O)CCCCCCCCCCCCC)OC(=O)CCCCCCCCCCCCCCCCCCCCC. The summed E-state index contributed by atoms with van der Waals surface area (Å²) in [5, 5.41) is 0. The van der Waals surface area contributed by atoms with Gasteiger partial charge in [-0.25, -0.2) is 0 Å². The van der Waals surface area contributed by atoms with Crippen LogP contribution < -0.4 is 0 Å². The molecule has 0 saturated carbocycles. The van der Waals surface area contributed by atoms with Gasteiger partial charge in [-0.05, 0) is 51.4 Å². The number of esters is 3. The Morgan fingerprint density at radius 2 is 0.507 bits per heavy atom. The molecule has 6 heteroatoms. The van der Waals surface area contributed by atoms with E-state index in [0.29, 0.717) is 19.3 Å². The molecule has 0 radical (unpaired) electrons. The van der Waals surface area contributed by atoms with Gasteiger partial charge in [0.1, 0.15) is 13.2 Å². The number of rotatable bonds is 59. The van der Waals surface area contributed by atoms with Gasteiger partial charge in [-0.15, -0.1) is 0 Å². The lowest BCUT2D eigenvalue weighted by atomic mass is 10.0. The molecule has 0 aliphatic rings. The molecular weight excluding hydrogens is 877 g/mol. The fourth-order valence-corrected chi connectivity index (χ4v) is 9.65. The molecule has 0 aromatic carbocycles. The number of allylic oxidation sites excluding steroid dienone is 4. The molecule has 418 valence electrons. The van der Waals surface area contributed by atoms with E-state index in [-0.39, 0.29) is 31.1 Å². The van der Waals surface area contributed by atoms with Gasteiger partial charge in [-0.3, -0.25) is 14.4 Å². The first-order valence-electron chi connectivity index (χ1n) is 31.8. The van der Waals surface area contributed by atoms with E-state index in [1.54, 1.807) is 0 Å². The van der Waals surface area contributed by atoms with Crippen molar-refractivity contribution in [3.63, 3.8) is 0 Å². The summed E-state index contributed by atoms with van der Waals surface area (Å²) in [5.74, 6) is -0.842. The summed E-state index contributed by atoms with van der Waals surface area (Å²) >= 11 is 0. The molecule has 71 heavy (non-hydrogen) atoms. The van der Waals surface area contributed by atoms with Crippen LogP contribution >= 0.6 is 0 Å². The van der Waals surface area contributed by atoms with Crippen molar-refractivity contribution < 1.29 is 28.6 Å². The third kappa shape index (κ3) is 58.7. The van der Waals surface area contributed by atoms with Gasteiger partial charge in [0.2, 0.25) is 0 Å². The Labute approximate surface area is 443 Å². The van der Waals surface area contributed by atoms with E-state index in [1.807, 2.05) is 0 Å². The Morgan fingerprint density at radius 1 is 0.282 bits per heavy atom. The normalized spacial score (nSPS) is 12.1. The Balaban J connectivity index is 4.23. The quantitative estimate of drug-likeness (QED) is 0.0261. The molecule has 1 unspecified atom stereocenters. The lowest BCUT2D eigenvalue weighted by Gasteiger charge is -2.18. The second-order valence-electron chi connectivity index (χ2n) is 21.7. The molecule has 0 bridgehead atoms. The topological polar surface area (TPSA) is 78.9 Å². The molecule has 1 atom stereocenters. The first-order valence-corrected chi connectivity index (χ1v) is 31.8. The second kappa shape index (κ2) is 60.4. The zero-order valence-electron chi connectivity index (χ0n) is 48.0. The number of ether oxygens (including phenoxy) is 3.